The molecule has 1 aliphatic carbocycles. The maximum Gasteiger partial charge on any atom is 0.318 e. The second-order valence-corrected chi connectivity index (χ2v) is 4.60. The zero-order valence-electron chi connectivity index (χ0n) is 10.3. The number of hydrogen-bond donors (Lipinski definition) is 0. The number of aromatic nitrogens is 2. The Balaban J connectivity index is 2.07. The number of hydrogen-bond acceptors (Lipinski definition) is 4. The summed E-state index contributed by atoms with van der Waals surface area (Å²) in [6, 6.07) is 0.280. The number of anilines is 1. The molecule has 0 aromatic carbocycles. The molecule has 1 saturated carbocycles. The van der Waals surface area contributed by atoms with Gasteiger partial charge in [-0.2, -0.15) is 4.98 Å². The molecule has 0 unspecified atom stereocenters. The first kappa shape index (κ1) is 12.1. The molecule has 0 spiro atoms. The molecule has 0 bridgehead atoms. The lowest BCUT2D eigenvalue weighted by atomic mass is 9.98. The first-order valence-corrected chi connectivity index (χ1v) is 6.03. The summed E-state index contributed by atoms with van der Waals surface area (Å²) in [4.78, 5) is 9.58. The minimum absolute atomic E-state index is 0.184. The van der Waals surface area contributed by atoms with Gasteiger partial charge in [-0.25, -0.2) is 9.37 Å². The van der Waals surface area contributed by atoms with Gasteiger partial charge in [0.1, 0.15) is 6.10 Å². The van der Waals surface area contributed by atoms with Crippen LogP contribution in [0.25, 0.3) is 0 Å². The van der Waals surface area contributed by atoms with Crippen molar-refractivity contribution in [3.63, 3.8) is 0 Å². The molecule has 0 saturated heterocycles. The lowest BCUT2D eigenvalue weighted by Crippen LogP contribution is -2.22. The summed E-state index contributed by atoms with van der Waals surface area (Å²) in [6.07, 6.45) is 7.08. The van der Waals surface area contributed by atoms with E-state index in [0.717, 1.165) is 12.8 Å². The monoisotopic (exact) mass is 239 g/mol. The van der Waals surface area contributed by atoms with Crippen LogP contribution in [0.5, 0.6) is 6.01 Å². The summed E-state index contributed by atoms with van der Waals surface area (Å²) in [5, 5.41) is 0. The van der Waals surface area contributed by atoms with Crippen LogP contribution in [0.15, 0.2) is 6.20 Å². The molecule has 1 fully saturated rings. The normalized spacial score (nSPS) is 16.9. The standard InChI is InChI=1S/C12H18FN3O/c1-16(2)11-10(13)8-14-12(15-11)17-9-6-4-3-5-7-9/h8-9H,3-7H2,1-2H3. The molecule has 5 heteroatoms. The Hall–Kier alpha value is -1.39. The maximum absolute atomic E-state index is 13.4. The molecule has 1 aromatic heterocycles. The first-order valence-electron chi connectivity index (χ1n) is 6.03. The third-order valence-electron chi connectivity index (χ3n) is 2.95. The number of halogens is 1. The zero-order chi connectivity index (χ0) is 12.3. The van der Waals surface area contributed by atoms with Gasteiger partial charge in [-0.15, -0.1) is 0 Å². The van der Waals surface area contributed by atoms with Crippen molar-refractivity contribution in [2.75, 3.05) is 19.0 Å². The van der Waals surface area contributed by atoms with Crippen LogP contribution >= 0.6 is 0 Å². The van der Waals surface area contributed by atoms with E-state index in [1.165, 1.54) is 25.5 Å². The van der Waals surface area contributed by atoms with Gasteiger partial charge < -0.3 is 9.64 Å². The van der Waals surface area contributed by atoms with Crippen LogP contribution in [0.4, 0.5) is 10.2 Å². The topological polar surface area (TPSA) is 38.2 Å². The Morgan fingerprint density at radius 2 is 2.00 bits per heavy atom. The summed E-state index contributed by atoms with van der Waals surface area (Å²) in [5.41, 5.74) is 0. The Bertz CT molecular complexity index is 378. The summed E-state index contributed by atoms with van der Waals surface area (Å²) in [6.45, 7) is 0. The lowest BCUT2D eigenvalue weighted by molar-refractivity contribution is 0.141. The highest BCUT2D eigenvalue weighted by molar-refractivity contribution is 5.37. The molecule has 1 aliphatic rings. The molecule has 4 nitrogen and oxygen atoms in total. The number of ether oxygens (including phenoxy) is 1. The Morgan fingerprint density at radius 3 is 2.65 bits per heavy atom. The number of nitrogens with zero attached hydrogens (tertiary/aromatic N) is 3. The fourth-order valence-electron chi connectivity index (χ4n) is 2.04. The highest BCUT2D eigenvalue weighted by Crippen LogP contribution is 2.23. The van der Waals surface area contributed by atoms with E-state index in [9.17, 15) is 4.39 Å². The molecule has 0 N–H and O–H groups in total. The van der Waals surface area contributed by atoms with Crippen molar-refractivity contribution in [3.05, 3.63) is 12.0 Å². The van der Waals surface area contributed by atoms with Crippen molar-refractivity contribution in [2.45, 2.75) is 38.2 Å². The Kier molecular flexibility index (Phi) is 3.76. The summed E-state index contributed by atoms with van der Waals surface area (Å²) in [7, 11) is 3.49. The van der Waals surface area contributed by atoms with Gasteiger partial charge in [0.2, 0.25) is 0 Å². The fourth-order valence-corrected chi connectivity index (χ4v) is 2.04. The number of rotatable bonds is 3. The average Bonchev–Trinajstić information content (AvgIpc) is 2.32. The van der Waals surface area contributed by atoms with Gasteiger partial charge in [-0.1, -0.05) is 6.42 Å². The van der Waals surface area contributed by atoms with Crippen LogP contribution in [0.2, 0.25) is 0 Å². The van der Waals surface area contributed by atoms with E-state index in [-0.39, 0.29) is 17.9 Å². The molecule has 17 heavy (non-hydrogen) atoms. The smallest absolute Gasteiger partial charge is 0.318 e. The van der Waals surface area contributed by atoms with Gasteiger partial charge in [0, 0.05) is 14.1 Å². The van der Waals surface area contributed by atoms with Crippen molar-refractivity contribution in [3.8, 4) is 6.01 Å². The van der Waals surface area contributed by atoms with Crippen molar-refractivity contribution < 1.29 is 9.13 Å². The molecule has 2 rings (SSSR count). The van der Waals surface area contributed by atoms with Crippen molar-refractivity contribution in [1.29, 1.82) is 0 Å². The largest absolute Gasteiger partial charge is 0.460 e. The minimum Gasteiger partial charge on any atom is -0.460 e. The second-order valence-electron chi connectivity index (χ2n) is 4.60. The van der Waals surface area contributed by atoms with Crippen LogP contribution in [0.1, 0.15) is 32.1 Å². The lowest BCUT2D eigenvalue weighted by Gasteiger charge is -2.22. The summed E-state index contributed by atoms with van der Waals surface area (Å²) >= 11 is 0. The molecule has 94 valence electrons. The predicted molar refractivity (Wildman–Crippen MR) is 63.8 cm³/mol. The predicted octanol–water partition coefficient (Wildman–Crippen LogP) is 2.39. The molecular weight excluding hydrogens is 221 g/mol. The molecule has 0 aliphatic heterocycles. The fraction of sp³-hybridized carbons (Fsp3) is 0.667. The van der Waals surface area contributed by atoms with Crippen molar-refractivity contribution in [2.24, 2.45) is 0 Å². The minimum atomic E-state index is -0.425. The molecule has 1 aromatic rings. The van der Waals surface area contributed by atoms with Crippen LogP contribution in [0, 0.1) is 5.82 Å². The SMILES string of the molecule is CN(C)c1nc(OC2CCCCC2)ncc1F. The van der Waals surface area contributed by atoms with E-state index in [4.69, 9.17) is 4.74 Å². The van der Waals surface area contributed by atoms with E-state index >= 15 is 0 Å². The molecule has 1 heterocycles. The Labute approximate surface area is 101 Å². The third-order valence-corrected chi connectivity index (χ3v) is 2.95. The zero-order valence-corrected chi connectivity index (χ0v) is 10.3. The molecular formula is C12H18FN3O. The second kappa shape index (κ2) is 5.29. The van der Waals surface area contributed by atoms with Crippen LogP contribution in [0.3, 0.4) is 0 Å². The quantitative estimate of drug-likeness (QED) is 0.811. The highest BCUT2D eigenvalue weighted by Gasteiger charge is 2.17. The van der Waals surface area contributed by atoms with E-state index in [2.05, 4.69) is 9.97 Å². The van der Waals surface area contributed by atoms with Crippen LogP contribution in [-0.2, 0) is 0 Å². The molecule has 0 atom stereocenters. The van der Waals surface area contributed by atoms with Crippen molar-refractivity contribution >= 4 is 5.82 Å². The van der Waals surface area contributed by atoms with Crippen LogP contribution in [-0.4, -0.2) is 30.2 Å². The highest BCUT2D eigenvalue weighted by atomic mass is 19.1. The molecule has 0 radical (unpaired) electrons. The van der Waals surface area contributed by atoms with Crippen LogP contribution < -0.4 is 9.64 Å². The summed E-state index contributed by atoms with van der Waals surface area (Å²) in [5.74, 6) is -0.156. The van der Waals surface area contributed by atoms with E-state index in [1.807, 2.05) is 0 Å². The van der Waals surface area contributed by atoms with Gasteiger partial charge in [0.15, 0.2) is 11.6 Å². The summed E-state index contributed by atoms with van der Waals surface area (Å²) < 4.78 is 19.1. The third kappa shape index (κ3) is 3.05. The van der Waals surface area contributed by atoms with Gasteiger partial charge in [-0.3, -0.25) is 0 Å². The maximum atomic E-state index is 13.4. The van der Waals surface area contributed by atoms with E-state index in [1.54, 1.807) is 19.0 Å². The first-order chi connectivity index (χ1) is 8.16. The Morgan fingerprint density at radius 1 is 1.29 bits per heavy atom. The average molecular weight is 239 g/mol. The van der Waals surface area contributed by atoms with E-state index < -0.39 is 5.82 Å². The van der Waals surface area contributed by atoms with Crippen molar-refractivity contribution in [1.82, 2.24) is 9.97 Å². The van der Waals surface area contributed by atoms with E-state index in [0.29, 0.717) is 0 Å². The molecule has 0 amide bonds. The van der Waals surface area contributed by atoms with Gasteiger partial charge in [-0.05, 0) is 25.7 Å². The van der Waals surface area contributed by atoms with Gasteiger partial charge in [0.05, 0.1) is 6.20 Å². The van der Waals surface area contributed by atoms with Gasteiger partial charge >= 0.3 is 6.01 Å². The van der Waals surface area contributed by atoms with Gasteiger partial charge in [0.25, 0.3) is 0 Å².